The second kappa shape index (κ2) is 6.43. The van der Waals surface area contributed by atoms with Gasteiger partial charge in [-0.2, -0.15) is 5.10 Å². The normalized spacial score (nSPS) is 10.7. The first-order valence-electron chi connectivity index (χ1n) is 7.03. The largest absolute Gasteiger partial charge is 0.493 e. The molecule has 5 heteroatoms. The Bertz CT molecular complexity index is 613. The zero-order chi connectivity index (χ0) is 15.4. The standard InChI is InChI=1S/C16H21N3O2/c1-10(2)9-21-14-7-5-6-13(8-14)16(20)17-15-11(3)18-19-12(15)4/h5-8,10H,9H2,1-4H3,(H,17,20)(H,18,19). The Morgan fingerprint density at radius 1 is 1.38 bits per heavy atom. The number of nitrogens with zero attached hydrogens (tertiary/aromatic N) is 1. The molecule has 0 atom stereocenters. The number of carbonyl (C=O) groups excluding carboxylic acids is 1. The molecular formula is C16H21N3O2. The van der Waals surface area contributed by atoms with Crippen LogP contribution in [0.1, 0.15) is 35.6 Å². The number of ether oxygens (including phenoxy) is 1. The first-order chi connectivity index (χ1) is 9.97. The van der Waals surface area contributed by atoms with Crippen molar-refractivity contribution in [1.29, 1.82) is 0 Å². The van der Waals surface area contributed by atoms with Crippen molar-refractivity contribution in [1.82, 2.24) is 10.2 Å². The fourth-order valence-corrected chi connectivity index (χ4v) is 1.91. The highest BCUT2D eigenvalue weighted by molar-refractivity contribution is 6.05. The minimum Gasteiger partial charge on any atom is -0.493 e. The summed E-state index contributed by atoms with van der Waals surface area (Å²) >= 11 is 0. The van der Waals surface area contributed by atoms with Crippen LogP contribution in [0.2, 0.25) is 0 Å². The highest BCUT2D eigenvalue weighted by atomic mass is 16.5. The van der Waals surface area contributed by atoms with Gasteiger partial charge in [-0.25, -0.2) is 0 Å². The Balaban J connectivity index is 2.11. The van der Waals surface area contributed by atoms with Crippen molar-refractivity contribution in [2.24, 2.45) is 5.92 Å². The molecule has 0 saturated carbocycles. The van der Waals surface area contributed by atoms with Crippen molar-refractivity contribution in [3.05, 3.63) is 41.2 Å². The van der Waals surface area contributed by atoms with Gasteiger partial charge in [0, 0.05) is 5.56 Å². The van der Waals surface area contributed by atoms with Crippen molar-refractivity contribution < 1.29 is 9.53 Å². The average Bonchev–Trinajstić information content (AvgIpc) is 2.77. The van der Waals surface area contributed by atoms with Gasteiger partial charge < -0.3 is 10.1 Å². The first-order valence-corrected chi connectivity index (χ1v) is 7.03. The SMILES string of the molecule is Cc1n[nH]c(C)c1NC(=O)c1cccc(OCC(C)C)c1. The van der Waals surface area contributed by atoms with Gasteiger partial charge in [-0.3, -0.25) is 9.89 Å². The molecular weight excluding hydrogens is 266 g/mol. The molecule has 0 unspecified atom stereocenters. The van der Waals surface area contributed by atoms with Gasteiger partial charge in [-0.15, -0.1) is 0 Å². The van der Waals surface area contributed by atoms with Gasteiger partial charge in [-0.1, -0.05) is 19.9 Å². The number of hydrogen-bond acceptors (Lipinski definition) is 3. The van der Waals surface area contributed by atoms with E-state index in [1.807, 2.05) is 26.0 Å². The molecule has 112 valence electrons. The summed E-state index contributed by atoms with van der Waals surface area (Å²) in [7, 11) is 0. The third-order valence-electron chi connectivity index (χ3n) is 3.05. The molecule has 21 heavy (non-hydrogen) atoms. The Hall–Kier alpha value is -2.30. The van der Waals surface area contributed by atoms with E-state index >= 15 is 0 Å². The number of rotatable bonds is 5. The molecule has 5 nitrogen and oxygen atoms in total. The summed E-state index contributed by atoms with van der Waals surface area (Å²) in [6.07, 6.45) is 0. The lowest BCUT2D eigenvalue weighted by Gasteiger charge is -2.10. The van der Waals surface area contributed by atoms with Crippen LogP contribution in [0, 0.1) is 19.8 Å². The molecule has 1 aromatic heterocycles. The highest BCUT2D eigenvalue weighted by Crippen LogP contribution is 2.19. The molecule has 0 saturated heterocycles. The van der Waals surface area contributed by atoms with E-state index in [4.69, 9.17) is 4.74 Å². The predicted octanol–water partition coefficient (Wildman–Crippen LogP) is 3.31. The van der Waals surface area contributed by atoms with Crippen molar-refractivity contribution in [3.8, 4) is 5.75 Å². The van der Waals surface area contributed by atoms with Gasteiger partial charge in [0.25, 0.3) is 5.91 Å². The highest BCUT2D eigenvalue weighted by Gasteiger charge is 2.12. The van der Waals surface area contributed by atoms with Crippen molar-refractivity contribution in [2.75, 3.05) is 11.9 Å². The Morgan fingerprint density at radius 3 is 2.76 bits per heavy atom. The summed E-state index contributed by atoms with van der Waals surface area (Å²) in [5.41, 5.74) is 2.91. The number of aromatic nitrogens is 2. The van der Waals surface area contributed by atoms with Crippen LogP contribution in [0.25, 0.3) is 0 Å². The number of aryl methyl sites for hydroxylation is 2. The lowest BCUT2D eigenvalue weighted by molar-refractivity contribution is 0.102. The number of amides is 1. The van der Waals surface area contributed by atoms with Crippen LogP contribution >= 0.6 is 0 Å². The number of aromatic amines is 1. The monoisotopic (exact) mass is 287 g/mol. The number of nitrogens with one attached hydrogen (secondary N) is 2. The zero-order valence-electron chi connectivity index (χ0n) is 12.9. The quantitative estimate of drug-likeness (QED) is 0.886. The summed E-state index contributed by atoms with van der Waals surface area (Å²) in [6.45, 7) is 8.52. The fourth-order valence-electron chi connectivity index (χ4n) is 1.91. The Labute approximate surface area is 124 Å². The molecule has 0 aliphatic heterocycles. The van der Waals surface area contributed by atoms with Crippen LogP contribution < -0.4 is 10.1 Å². The van der Waals surface area contributed by atoms with E-state index < -0.39 is 0 Å². The van der Waals surface area contributed by atoms with E-state index in [9.17, 15) is 4.79 Å². The van der Waals surface area contributed by atoms with Gasteiger partial charge in [0.15, 0.2) is 0 Å². The molecule has 0 bridgehead atoms. The van der Waals surface area contributed by atoms with Gasteiger partial charge in [-0.05, 0) is 38.0 Å². The first kappa shape index (κ1) is 15.1. The van der Waals surface area contributed by atoms with Crippen LogP contribution in [0.5, 0.6) is 5.75 Å². The minimum absolute atomic E-state index is 0.169. The summed E-state index contributed by atoms with van der Waals surface area (Å²) < 4.78 is 5.64. The lowest BCUT2D eigenvalue weighted by Crippen LogP contribution is -2.13. The van der Waals surface area contributed by atoms with Crippen LogP contribution in [-0.2, 0) is 0 Å². The number of hydrogen-bond donors (Lipinski definition) is 2. The third kappa shape index (κ3) is 3.84. The van der Waals surface area contributed by atoms with Crippen LogP contribution in [0.4, 0.5) is 5.69 Å². The van der Waals surface area contributed by atoms with E-state index in [0.29, 0.717) is 23.8 Å². The maximum Gasteiger partial charge on any atom is 0.255 e. The van der Waals surface area contributed by atoms with Gasteiger partial charge >= 0.3 is 0 Å². The Morgan fingerprint density at radius 2 is 2.14 bits per heavy atom. The lowest BCUT2D eigenvalue weighted by atomic mass is 10.2. The molecule has 0 radical (unpaired) electrons. The third-order valence-corrected chi connectivity index (χ3v) is 3.05. The molecule has 0 aliphatic carbocycles. The number of carbonyl (C=O) groups is 1. The van der Waals surface area contributed by atoms with Crippen molar-refractivity contribution in [2.45, 2.75) is 27.7 Å². The average molecular weight is 287 g/mol. The molecule has 0 spiro atoms. The molecule has 1 amide bonds. The van der Waals surface area contributed by atoms with Crippen LogP contribution in [0.3, 0.4) is 0 Å². The van der Waals surface area contributed by atoms with E-state index in [-0.39, 0.29) is 5.91 Å². The van der Waals surface area contributed by atoms with Gasteiger partial charge in [0.05, 0.1) is 23.7 Å². The fraction of sp³-hybridized carbons (Fsp3) is 0.375. The Kier molecular flexibility index (Phi) is 4.62. The topological polar surface area (TPSA) is 67.0 Å². The maximum atomic E-state index is 12.3. The maximum absolute atomic E-state index is 12.3. The van der Waals surface area contributed by atoms with E-state index in [2.05, 4.69) is 29.4 Å². The number of benzene rings is 1. The van der Waals surface area contributed by atoms with Crippen LogP contribution in [0.15, 0.2) is 24.3 Å². The van der Waals surface area contributed by atoms with E-state index in [0.717, 1.165) is 17.1 Å². The molecule has 0 fully saturated rings. The molecule has 0 aliphatic rings. The smallest absolute Gasteiger partial charge is 0.255 e. The predicted molar refractivity (Wildman–Crippen MR) is 82.8 cm³/mol. The summed E-state index contributed by atoms with van der Waals surface area (Å²) in [6, 6.07) is 7.19. The van der Waals surface area contributed by atoms with E-state index in [1.165, 1.54) is 0 Å². The number of anilines is 1. The summed E-state index contributed by atoms with van der Waals surface area (Å²) in [5, 5.41) is 9.79. The second-order valence-electron chi connectivity index (χ2n) is 5.50. The van der Waals surface area contributed by atoms with Crippen molar-refractivity contribution in [3.63, 3.8) is 0 Å². The number of H-pyrrole nitrogens is 1. The zero-order valence-corrected chi connectivity index (χ0v) is 12.9. The van der Waals surface area contributed by atoms with Crippen LogP contribution in [-0.4, -0.2) is 22.7 Å². The summed E-state index contributed by atoms with van der Waals surface area (Å²) in [4.78, 5) is 12.3. The molecule has 1 heterocycles. The van der Waals surface area contributed by atoms with Gasteiger partial charge in [0.2, 0.25) is 0 Å². The second-order valence-corrected chi connectivity index (χ2v) is 5.50. The molecule has 2 aromatic rings. The minimum atomic E-state index is -0.169. The summed E-state index contributed by atoms with van der Waals surface area (Å²) in [5.74, 6) is 0.980. The van der Waals surface area contributed by atoms with E-state index in [1.54, 1.807) is 12.1 Å². The molecule has 2 rings (SSSR count). The van der Waals surface area contributed by atoms with Crippen molar-refractivity contribution >= 4 is 11.6 Å². The van der Waals surface area contributed by atoms with Gasteiger partial charge in [0.1, 0.15) is 5.75 Å². The molecule has 1 aromatic carbocycles. The molecule has 2 N–H and O–H groups in total.